The van der Waals surface area contributed by atoms with Crippen LogP contribution < -0.4 is 19.7 Å². The third kappa shape index (κ3) is 2.71. The van der Waals surface area contributed by atoms with Gasteiger partial charge in [0.05, 0.1) is 36.2 Å². The monoisotopic (exact) mass is 429 g/mol. The number of nitrogens with one attached hydrogen (secondary N) is 1. The average Bonchev–Trinajstić information content (AvgIpc) is 3.11. The van der Waals surface area contributed by atoms with E-state index in [-0.39, 0.29) is 24.7 Å². The Morgan fingerprint density at radius 3 is 2.53 bits per heavy atom. The number of para-hydroxylation sites is 1. The van der Waals surface area contributed by atoms with Crippen LogP contribution in [0.15, 0.2) is 36.4 Å². The maximum absolute atomic E-state index is 13.6. The van der Waals surface area contributed by atoms with Crippen LogP contribution in [0.25, 0.3) is 0 Å². The Kier molecular flexibility index (Phi) is 4.82. The first-order valence-corrected chi connectivity index (χ1v) is 9.66. The molecule has 0 bridgehead atoms. The molecule has 30 heavy (non-hydrogen) atoms. The smallest absolute Gasteiger partial charge is 0.271 e. The fourth-order valence-electron chi connectivity index (χ4n) is 4.11. The number of amides is 3. The number of rotatable bonds is 4. The summed E-state index contributed by atoms with van der Waals surface area (Å²) in [5.41, 5.74) is -0.360. The second kappa shape index (κ2) is 7.21. The zero-order valence-corrected chi connectivity index (χ0v) is 17.4. The number of ether oxygens (including phenoxy) is 2. The van der Waals surface area contributed by atoms with Crippen LogP contribution in [-0.4, -0.2) is 49.6 Å². The van der Waals surface area contributed by atoms with E-state index in [1.54, 1.807) is 24.3 Å². The maximum atomic E-state index is 13.6. The van der Waals surface area contributed by atoms with Crippen LogP contribution in [0.1, 0.15) is 23.2 Å². The van der Waals surface area contributed by atoms with Crippen molar-refractivity contribution in [2.75, 3.05) is 31.5 Å². The molecule has 0 unspecified atom stereocenters. The van der Waals surface area contributed by atoms with Crippen molar-refractivity contribution in [3.8, 4) is 11.5 Å². The van der Waals surface area contributed by atoms with Crippen LogP contribution in [0.3, 0.4) is 0 Å². The normalized spacial score (nSPS) is 20.0. The van der Waals surface area contributed by atoms with Gasteiger partial charge < -0.3 is 19.7 Å². The molecule has 2 heterocycles. The molecule has 0 spiro atoms. The van der Waals surface area contributed by atoms with Crippen LogP contribution in [0.5, 0.6) is 11.5 Å². The number of hydrogen-bond acceptors (Lipinski definition) is 5. The quantitative estimate of drug-likeness (QED) is 0.807. The van der Waals surface area contributed by atoms with Crippen molar-refractivity contribution in [3.63, 3.8) is 0 Å². The molecule has 2 aromatic rings. The Hall–Kier alpha value is -3.26. The minimum atomic E-state index is -1.49. The highest BCUT2D eigenvalue weighted by molar-refractivity contribution is 6.32. The van der Waals surface area contributed by atoms with Crippen molar-refractivity contribution in [3.05, 3.63) is 47.0 Å². The molecule has 2 aliphatic rings. The molecule has 1 saturated heterocycles. The van der Waals surface area contributed by atoms with Gasteiger partial charge >= 0.3 is 0 Å². The number of halogens is 1. The first-order chi connectivity index (χ1) is 14.3. The average molecular weight is 430 g/mol. The summed E-state index contributed by atoms with van der Waals surface area (Å²) < 4.78 is 10.6. The molecule has 0 aromatic heterocycles. The van der Waals surface area contributed by atoms with Gasteiger partial charge in [-0.15, -0.1) is 0 Å². The van der Waals surface area contributed by atoms with Gasteiger partial charge in [0.25, 0.3) is 11.8 Å². The highest BCUT2D eigenvalue weighted by Crippen LogP contribution is 2.45. The van der Waals surface area contributed by atoms with Gasteiger partial charge in [0.1, 0.15) is 11.5 Å². The number of benzene rings is 2. The summed E-state index contributed by atoms with van der Waals surface area (Å²) in [6.07, 6.45) is 0.307. The number of anilines is 2. The summed E-state index contributed by atoms with van der Waals surface area (Å²) in [4.78, 5) is 42.2. The van der Waals surface area contributed by atoms with Gasteiger partial charge in [-0.25, -0.2) is 0 Å². The predicted molar refractivity (Wildman–Crippen MR) is 111 cm³/mol. The van der Waals surface area contributed by atoms with E-state index < -0.39 is 11.6 Å². The number of likely N-dealkylation sites (N-methyl/N-ethyl adjacent to an activating group) is 1. The summed E-state index contributed by atoms with van der Waals surface area (Å²) in [7, 11) is 4.44. The predicted octanol–water partition coefficient (Wildman–Crippen LogP) is 2.90. The van der Waals surface area contributed by atoms with E-state index in [1.807, 2.05) is 0 Å². The van der Waals surface area contributed by atoms with Crippen molar-refractivity contribution in [2.24, 2.45) is 0 Å². The number of carbonyl (C=O) groups excluding carboxylic acids is 3. The summed E-state index contributed by atoms with van der Waals surface area (Å²) in [5, 5.41) is 3.13. The van der Waals surface area contributed by atoms with Crippen LogP contribution in [0.2, 0.25) is 5.02 Å². The number of hydrogen-bond donors (Lipinski definition) is 1. The third-order valence-corrected chi connectivity index (χ3v) is 5.92. The molecule has 1 atom stereocenters. The van der Waals surface area contributed by atoms with Crippen LogP contribution in [-0.2, 0) is 9.59 Å². The molecule has 9 heteroatoms. The van der Waals surface area contributed by atoms with E-state index in [0.29, 0.717) is 33.5 Å². The van der Waals surface area contributed by atoms with Crippen molar-refractivity contribution < 1.29 is 23.9 Å². The molecule has 4 rings (SSSR count). The fraction of sp³-hybridized carbons (Fsp3) is 0.286. The summed E-state index contributed by atoms with van der Waals surface area (Å²) in [6.45, 7) is 0. The molecule has 3 amide bonds. The Balaban J connectivity index is 1.81. The molecular weight excluding hydrogens is 410 g/mol. The fourth-order valence-corrected chi connectivity index (χ4v) is 4.34. The first-order valence-electron chi connectivity index (χ1n) is 9.28. The standard InChI is InChI=1S/C21H20ClN3O5/c1-24-19(27)12-6-4-5-7-15(12)25-18(26)8-9-21(24,25)20(28)23-14-11-16(29-2)13(22)10-17(14)30-3/h4-7,10-11H,8-9H2,1-3H3,(H,23,28)/t21-/m0/s1. The summed E-state index contributed by atoms with van der Waals surface area (Å²) in [5.74, 6) is -0.402. The van der Waals surface area contributed by atoms with Crippen LogP contribution in [0, 0.1) is 0 Å². The van der Waals surface area contributed by atoms with E-state index in [4.69, 9.17) is 21.1 Å². The zero-order chi connectivity index (χ0) is 21.6. The molecule has 156 valence electrons. The van der Waals surface area contributed by atoms with Gasteiger partial charge in [-0.2, -0.15) is 0 Å². The molecule has 0 aliphatic carbocycles. The van der Waals surface area contributed by atoms with Crippen molar-refractivity contribution >= 4 is 40.7 Å². The van der Waals surface area contributed by atoms with E-state index >= 15 is 0 Å². The van der Waals surface area contributed by atoms with Gasteiger partial charge in [0.15, 0.2) is 0 Å². The van der Waals surface area contributed by atoms with E-state index in [2.05, 4.69) is 5.32 Å². The maximum Gasteiger partial charge on any atom is 0.271 e. The number of methoxy groups -OCH3 is 2. The zero-order valence-electron chi connectivity index (χ0n) is 16.7. The van der Waals surface area contributed by atoms with E-state index in [0.717, 1.165) is 0 Å². The topological polar surface area (TPSA) is 88.2 Å². The lowest BCUT2D eigenvalue weighted by molar-refractivity contribution is -0.128. The molecule has 2 aromatic carbocycles. The molecule has 1 fully saturated rings. The summed E-state index contributed by atoms with van der Waals surface area (Å²) in [6, 6.07) is 9.85. The summed E-state index contributed by atoms with van der Waals surface area (Å²) >= 11 is 6.15. The minimum absolute atomic E-state index is 0.139. The van der Waals surface area contributed by atoms with Crippen LogP contribution in [0.4, 0.5) is 11.4 Å². The third-order valence-electron chi connectivity index (χ3n) is 5.63. The number of nitrogens with zero attached hydrogens (tertiary/aromatic N) is 2. The van der Waals surface area contributed by atoms with Gasteiger partial charge in [-0.3, -0.25) is 19.3 Å². The van der Waals surface area contributed by atoms with Gasteiger partial charge in [-0.1, -0.05) is 23.7 Å². The van der Waals surface area contributed by atoms with E-state index in [1.165, 1.54) is 43.2 Å². The van der Waals surface area contributed by atoms with Crippen LogP contribution >= 0.6 is 11.6 Å². The lowest BCUT2D eigenvalue weighted by atomic mass is 9.96. The second-order valence-corrected chi connectivity index (χ2v) is 7.48. The van der Waals surface area contributed by atoms with Gasteiger partial charge in [-0.05, 0) is 12.1 Å². The molecule has 2 aliphatic heterocycles. The van der Waals surface area contributed by atoms with Crippen molar-refractivity contribution in [1.29, 1.82) is 0 Å². The Labute approximate surface area is 178 Å². The molecule has 8 nitrogen and oxygen atoms in total. The molecule has 1 N–H and O–H groups in total. The Morgan fingerprint density at radius 2 is 1.83 bits per heavy atom. The van der Waals surface area contributed by atoms with Gasteiger partial charge in [0.2, 0.25) is 11.6 Å². The molecular formula is C21H20ClN3O5. The van der Waals surface area contributed by atoms with Gasteiger partial charge in [0, 0.05) is 32.0 Å². The van der Waals surface area contributed by atoms with Crippen molar-refractivity contribution in [2.45, 2.75) is 18.5 Å². The first kappa shape index (κ1) is 20.0. The number of fused-ring (bicyclic) bond motifs is 3. The lowest BCUT2D eigenvalue weighted by Crippen LogP contribution is -2.68. The Morgan fingerprint density at radius 1 is 1.13 bits per heavy atom. The largest absolute Gasteiger partial charge is 0.495 e. The Bertz CT molecular complexity index is 1070. The lowest BCUT2D eigenvalue weighted by Gasteiger charge is -2.47. The van der Waals surface area contributed by atoms with E-state index in [9.17, 15) is 14.4 Å². The minimum Gasteiger partial charge on any atom is -0.495 e. The highest BCUT2D eigenvalue weighted by atomic mass is 35.5. The SMILES string of the molecule is COc1cc(NC(=O)[C@]23CCC(=O)N2c2ccccc2C(=O)N3C)c(OC)cc1Cl. The second-order valence-electron chi connectivity index (χ2n) is 7.07. The molecule has 0 saturated carbocycles. The highest BCUT2D eigenvalue weighted by Gasteiger charge is 2.59. The molecule has 0 radical (unpaired) electrons. The van der Waals surface area contributed by atoms with Crippen molar-refractivity contribution in [1.82, 2.24) is 4.90 Å². The number of carbonyl (C=O) groups is 3.